The van der Waals surface area contributed by atoms with Gasteiger partial charge in [-0.1, -0.05) is 6.92 Å². The Kier molecular flexibility index (Phi) is 3.69. The number of carboxylic acids is 1. The van der Waals surface area contributed by atoms with Crippen molar-refractivity contribution in [2.75, 3.05) is 5.73 Å². The van der Waals surface area contributed by atoms with E-state index >= 15 is 0 Å². The molecule has 1 fully saturated rings. The second-order valence-corrected chi connectivity index (χ2v) is 4.92. The Balaban J connectivity index is 2.03. The molecule has 0 unspecified atom stereocenters. The summed E-state index contributed by atoms with van der Waals surface area (Å²) >= 11 is 0. The highest BCUT2D eigenvalue weighted by atomic mass is 16.5. The molecule has 1 aromatic heterocycles. The average Bonchev–Trinajstić information content (AvgIpc) is 2.34. The van der Waals surface area contributed by atoms with Crippen molar-refractivity contribution in [2.45, 2.75) is 38.7 Å². The first kappa shape index (κ1) is 12.7. The van der Waals surface area contributed by atoms with Gasteiger partial charge in [0.15, 0.2) is 0 Å². The van der Waals surface area contributed by atoms with E-state index in [9.17, 15) is 4.79 Å². The maximum atomic E-state index is 10.8. The molecule has 0 bridgehead atoms. The molecule has 5 heteroatoms. The van der Waals surface area contributed by atoms with Crippen LogP contribution in [0.1, 0.15) is 43.0 Å². The van der Waals surface area contributed by atoms with Crippen LogP contribution < -0.4 is 10.5 Å². The smallest absolute Gasteiger partial charge is 0.337 e. The molecule has 0 amide bonds. The molecule has 1 aliphatic carbocycles. The summed E-state index contributed by atoms with van der Waals surface area (Å²) in [6.45, 7) is 2.24. The standard InChI is InChI=1S/C13H18N2O3/c1-8-2-4-10(5-3-8)18-12-11(14)6-9(7-15-12)13(16)17/h6-8,10H,2-5,14H2,1H3,(H,16,17). The molecule has 5 nitrogen and oxygen atoms in total. The zero-order valence-corrected chi connectivity index (χ0v) is 10.4. The van der Waals surface area contributed by atoms with Crippen molar-refractivity contribution in [1.29, 1.82) is 0 Å². The molecule has 1 aromatic rings. The van der Waals surface area contributed by atoms with E-state index < -0.39 is 5.97 Å². The molecule has 2 rings (SSSR count). The summed E-state index contributed by atoms with van der Waals surface area (Å²) in [6.07, 6.45) is 5.73. The maximum absolute atomic E-state index is 10.8. The highest BCUT2D eigenvalue weighted by Crippen LogP contribution is 2.28. The molecule has 3 N–H and O–H groups in total. The molecule has 0 aromatic carbocycles. The van der Waals surface area contributed by atoms with Crippen LogP contribution in [0.2, 0.25) is 0 Å². The molecular formula is C13H18N2O3. The van der Waals surface area contributed by atoms with Crippen molar-refractivity contribution < 1.29 is 14.6 Å². The molecule has 98 valence electrons. The van der Waals surface area contributed by atoms with Gasteiger partial charge in [0.05, 0.1) is 11.3 Å². The number of aromatic carboxylic acids is 1. The summed E-state index contributed by atoms with van der Waals surface area (Å²) in [5.41, 5.74) is 6.12. The molecule has 0 aliphatic heterocycles. The molecule has 0 radical (unpaired) electrons. The summed E-state index contributed by atoms with van der Waals surface area (Å²) in [5.74, 6) is 0.0661. The fraction of sp³-hybridized carbons (Fsp3) is 0.538. The van der Waals surface area contributed by atoms with Crippen LogP contribution >= 0.6 is 0 Å². The number of rotatable bonds is 3. The van der Waals surface area contributed by atoms with Crippen molar-refractivity contribution in [3.05, 3.63) is 17.8 Å². The molecule has 0 spiro atoms. The number of carbonyl (C=O) groups is 1. The van der Waals surface area contributed by atoms with Crippen LogP contribution in [0.3, 0.4) is 0 Å². The van der Waals surface area contributed by atoms with Crippen LogP contribution in [-0.4, -0.2) is 22.2 Å². The van der Waals surface area contributed by atoms with E-state index in [1.165, 1.54) is 12.3 Å². The highest BCUT2D eigenvalue weighted by molar-refractivity contribution is 5.88. The first-order valence-corrected chi connectivity index (χ1v) is 6.21. The van der Waals surface area contributed by atoms with Crippen molar-refractivity contribution in [1.82, 2.24) is 4.98 Å². The topological polar surface area (TPSA) is 85.4 Å². The number of anilines is 1. The second kappa shape index (κ2) is 5.25. The minimum Gasteiger partial charge on any atom is -0.478 e. The number of nitrogens with two attached hydrogens (primary N) is 1. The zero-order chi connectivity index (χ0) is 13.1. The lowest BCUT2D eigenvalue weighted by molar-refractivity contribution is 0.0696. The lowest BCUT2D eigenvalue weighted by atomic mass is 9.89. The van der Waals surface area contributed by atoms with Gasteiger partial charge in [-0.05, 0) is 37.7 Å². The number of hydrogen-bond donors (Lipinski definition) is 2. The van der Waals surface area contributed by atoms with Crippen LogP contribution in [0.15, 0.2) is 12.3 Å². The predicted octanol–water partition coefficient (Wildman–Crippen LogP) is 2.32. The second-order valence-electron chi connectivity index (χ2n) is 4.92. The Morgan fingerprint density at radius 3 is 2.67 bits per heavy atom. The molecular weight excluding hydrogens is 232 g/mol. The van der Waals surface area contributed by atoms with Crippen molar-refractivity contribution >= 4 is 11.7 Å². The fourth-order valence-electron chi connectivity index (χ4n) is 2.19. The van der Waals surface area contributed by atoms with Crippen LogP contribution in [0.5, 0.6) is 5.88 Å². The van der Waals surface area contributed by atoms with Gasteiger partial charge in [-0.3, -0.25) is 0 Å². The van der Waals surface area contributed by atoms with Crippen molar-refractivity contribution in [2.24, 2.45) is 5.92 Å². The number of nitrogens with zero attached hydrogens (tertiary/aromatic N) is 1. The quantitative estimate of drug-likeness (QED) is 0.859. The number of pyridine rings is 1. The van der Waals surface area contributed by atoms with Crippen molar-refractivity contribution in [3.8, 4) is 5.88 Å². The minimum absolute atomic E-state index is 0.0807. The van der Waals surface area contributed by atoms with E-state index in [0.717, 1.165) is 31.6 Å². The SMILES string of the molecule is CC1CCC(Oc2ncc(C(=O)O)cc2N)CC1. The predicted molar refractivity (Wildman–Crippen MR) is 67.7 cm³/mol. The Morgan fingerprint density at radius 1 is 1.44 bits per heavy atom. The molecule has 0 saturated heterocycles. The third kappa shape index (κ3) is 2.91. The summed E-state index contributed by atoms with van der Waals surface area (Å²) in [7, 11) is 0. The number of aromatic nitrogens is 1. The fourth-order valence-corrected chi connectivity index (χ4v) is 2.19. The molecule has 18 heavy (non-hydrogen) atoms. The minimum atomic E-state index is -1.03. The molecule has 1 heterocycles. The Labute approximate surface area is 106 Å². The van der Waals surface area contributed by atoms with Gasteiger partial charge in [0.1, 0.15) is 6.10 Å². The van der Waals surface area contributed by atoms with Gasteiger partial charge in [0.25, 0.3) is 0 Å². The largest absolute Gasteiger partial charge is 0.478 e. The van der Waals surface area contributed by atoms with Crippen molar-refractivity contribution in [3.63, 3.8) is 0 Å². The van der Waals surface area contributed by atoms with Crippen LogP contribution in [0.25, 0.3) is 0 Å². The van der Waals surface area contributed by atoms with Crippen LogP contribution in [0.4, 0.5) is 5.69 Å². The number of ether oxygens (including phenoxy) is 1. The Hall–Kier alpha value is -1.78. The van der Waals surface area contributed by atoms with E-state index in [0.29, 0.717) is 5.88 Å². The number of hydrogen-bond acceptors (Lipinski definition) is 4. The van der Waals surface area contributed by atoms with Gasteiger partial charge >= 0.3 is 5.97 Å². The van der Waals surface area contributed by atoms with Crippen LogP contribution in [0, 0.1) is 5.92 Å². The summed E-state index contributed by atoms with van der Waals surface area (Å²) < 4.78 is 5.74. The Bertz CT molecular complexity index is 440. The van der Waals surface area contributed by atoms with E-state index in [1.54, 1.807) is 0 Å². The third-order valence-electron chi connectivity index (χ3n) is 3.37. The normalized spacial score (nSPS) is 23.6. The van der Waals surface area contributed by atoms with Gasteiger partial charge < -0.3 is 15.6 Å². The van der Waals surface area contributed by atoms with Gasteiger partial charge in [-0.2, -0.15) is 0 Å². The summed E-state index contributed by atoms with van der Waals surface area (Å²) in [5, 5.41) is 8.81. The van der Waals surface area contributed by atoms with E-state index in [-0.39, 0.29) is 17.4 Å². The average molecular weight is 250 g/mol. The lowest BCUT2D eigenvalue weighted by Crippen LogP contribution is -2.24. The third-order valence-corrected chi connectivity index (χ3v) is 3.37. The summed E-state index contributed by atoms with van der Waals surface area (Å²) in [6, 6.07) is 1.39. The zero-order valence-electron chi connectivity index (χ0n) is 10.4. The lowest BCUT2D eigenvalue weighted by Gasteiger charge is -2.26. The van der Waals surface area contributed by atoms with Gasteiger partial charge in [-0.15, -0.1) is 0 Å². The first-order valence-electron chi connectivity index (χ1n) is 6.21. The number of nitrogen functional groups attached to an aromatic ring is 1. The van der Waals surface area contributed by atoms with Gasteiger partial charge in [-0.25, -0.2) is 9.78 Å². The highest BCUT2D eigenvalue weighted by Gasteiger charge is 2.21. The van der Waals surface area contributed by atoms with E-state index in [4.69, 9.17) is 15.6 Å². The summed E-state index contributed by atoms with van der Waals surface area (Å²) in [4.78, 5) is 14.7. The monoisotopic (exact) mass is 250 g/mol. The number of carboxylic acid groups (broad SMARTS) is 1. The molecule has 0 atom stereocenters. The molecule has 1 saturated carbocycles. The van der Waals surface area contributed by atoms with Crippen LogP contribution in [-0.2, 0) is 0 Å². The van der Waals surface area contributed by atoms with Gasteiger partial charge in [0.2, 0.25) is 5.88 Å². The first-order chi connectivity index (χ1) is 8.56. The van der Waals surface area contributed by atoms with E-state index in [2.05, 4.69) is 11.9 Å². The van der Waals surface area contributed by atoms with Gasteiger partial charge in [0, 0.05) is 6.20 Å². The molecule has 1 aliphatic rings. The maximum Gasteiger partial charge on any atom is 0.337 e. The van der Waals surface area contributed by atoms with E-state index in [1.807, 2.05) is 0 Å². The Morgan fingerprint density at radius 2 is 2.11 bits per heavy atom.